The minimum atomic E-state index is -0.491. The molecular weight excluding hydrogens is 449 g/mol. The number of rotatable bonds is 2. The highest BCUT2D eigenvalue weighted by atomic mass is 79.9. The van der Waals surface area contributed by atoms with Crippen molar-refractivity contribution in [3.05, 3.63) is 49.5 Å². The van der Waals surface area contributed by atoms with Crippen LogP contribution in [0.2, 0.25) is 0 Å². The molecule has 1 aromatic carbocycles. The Hall–Kier alpha value is -0.860. The molecule has 0 fully saturated rings. The third-order valence-electron chi connectivity index (χ3n) is 2.11. The molecule has 98 valence electrons. The summed E-state index contributed by atoms with van der Waals surface area (Å²) in [4.78, 5) is 20.0. The Morgan fingerprint density at radius 2 is 2.00 bits per heavy atom. The number of nitrogens with zero attached hydrogens (tertiary/aromatic N) is 2. The Kier molecular flexibility index (Phi) is 4.64. The number of halogens is 4. The summed E-state index contributed by atoms with van der Waals surface area (Å²) in [5.41, 5.74) is 0.177. The third-order valence-corrected chi connectivity index (χ3v) is 3.73. The number of carbonyl (C=O) groups is 1. The van der Waals surface area contributed by atoms with E-state index in [1.165, 1.54) is 18.3 Å². The van der Waals surface area contributed by atoms with Crippen molar-refractivity contribution in [2.75, 3.05) is 5.32 Å². The second-order valence-electron chi connectivity index (χ2n) is 3.41. The molecule has 0 aliphatic carbocycles. The first-order valence-corrected chi connectivity index (χ1v) is 7.29. The second kappa shape index (κ2) is 6.06. The summed E-state index contributed by atoms with van der Waals surface area (Å²) in [6.07, 6.45) is 1.45. The van der Waals surface area contributed by atoms with Gasteiger partial charge in [-0.25, -0.2) is 14.4 Å². The standard InChI is InChI=1S/C11H5Br3FN3O/c12-7-2-1-5(15)3-6(7)11(19)18-10-9(14)17-8(13)4-16-10/h1-4H,(H,16,18,19). The predicted octanol–water partition coefficient (Wildman–Crippen LogP) is 4.16. The van der Waals surface area contributed by atoms with Crippen LogP contribution >= 0.6 is 47.8 Å². The van der Waals surface area contributed by atoms with Crippen LogP contribution in [-0.2, 0) is 0 Å². The predicted molar refractivity (Wildman–Crippen MR) is 79.5 cm³/mol. The molecule has 0 saturated carbocycles. The highest BCUT2D eigenvalue weighted by molar-refractivity contribution is 9.11. The minimum absolute atomic E-state index is 0.177. The summed E-state index contributed by atoms with van der Waals surface area (Å²) in [5.74, 6) is -0.720. The maximum absolute atomic E-state index is 13.1. The molecule has 4 nitrogen and oxygen atoms in total. The molecule has 0 aliphatic heterocycles. The van der Waals surface area contributed by atoms with Crippen LogP contribution in [0, 0.1) is 5.82 Å². The van der Waals surface area contributed by atoms with E-state index in [4.69, 9.17) is 0 Å². The van der Waals surface area contributed by atoms with E-state index >= 15 is 0 Å². The fourth-order valence-electron chi connectivity index (χ4n) is 1.28. The van der Waals surface area contributed by atoms with Crippen molar-refractivity contribution in [3.63, 3.8) is 0 Å². The van der Waals surface area contributed by atoms with Crippen LogP contribution in [0.3, 0.4) is 0 Å². The van der Waals surface area contributed by atoms with Gasteiger partial charge in [-0.3, -0.25) is 4.79 Å². The van der Waals surface area contributed by atoms with Crippen molar-refractivity contribution in [2.24, 2.45) is 0 Å². The van der Waals surface area contributed by atoms with E-state index in [0.717, 1.165) is 6.07 Å². The zero-order valence-electron chi connectivity index (χ0n) is 9.12. The Morgan fingerprint density at radius 1 is 1.26 bits per heavy atom. The molecule has 1 aromatic heterocycles. The average Bonchev–Trinajstić information content (AvgIpc) is 2.35. The minimum Gasteiger partial charge on any atom is -0.304 e. The van der Waals surface area contributed by atoms with Crippen molar-refractivity contribution < 1.29 is 9.18 Å². The molecule has 2 rings (SSSR count). The molecule has 0 aliphatic rings. The number of nitrogens with one attached hydrogen (secondary N) is 1. The maximum Gasteiger partial charge on any atom is 0.258 e. The molecule has 0 saturated heterocycles. The van der Waals surface area contributed by atoms with Crippen LogP contribution in [0.1, 0.15) is 10.4 Å². The Labute approximate surface area is 133 Å². The van der Waals surface area contributed by atoms with E-state index in [9.17, 15) is 9.18 Å². The maximum atomic E-state index is 13.1. The number of hydrogen-bond acceptors (Lipinski definition) is 3. The van der Waals surface area contributed by atoms with Crippen LogP contribution in [-0.4, -0.2) is 15.9 Å². The van der Waals surface area contributed by atoms with Gasteiger partial charge in [-0.15, -0.1) is 0 Å². The van der Waals surface area contributed by atoms with Gasteiger partial charge in [0.15, 0.2) is 5.82 Å². The zero-order valence-corrected chi connectivity index (χ0v) is 13.9. The molecule has 0 atom stereocenters. The summed E-state index contributed by atoms with van der Waals surface area (Å²) in [7, 11) is 0. The summed E-state index contributed by atoms with van der Waals surface area (Å²) in [6, 6.07) is 3.86. The number of anilines is 1. The summed E-state index contributed by atoms with van der Waals surface area (Å²) >= 11 is 9.52. The Bertz CT molecular complexity index is 651. The normalized spacial score (nSPS) is 10.3. The monoisotopic (exact) mass is 451 g/mol. The van der Waals surface area contributed by atoms with Gasteiger partial charge in [0.2, 0.25) is 0 Å². The molecule has 1 heterocycles. The van der Waals surface area contributed by atoms with Gasteiger partial charge in [0.25, 0.3) is 5.91 Å². The molecule has 0 bridgehead atoms. The number of aromatic nitrogens is 2. The lowest BCUT2D eigenvalue weighted by molar-refractivity contribution is 0.102. The number of hydrogen-bond donors (Lipinski definition) is 1. The molecule has 19 heavy (non-hydrogen) atoms. The summed E-state index contributed by atoms with van der Waals surface area (Å²) in [5, 5.41) is 2.54. The fourth-order valence-corrected chi connectivity index (χ4v) is 2.61. The second-order valence-corrected chi connectivity index (χ2v) is 5.83. The Morgan fingerprint density at radius 3 is 2.68 bits per heavy atom. The molecule has 1 amide bonds. The lowest BCUT2D eigenvalue weighted by Gasteiger charge is -2.07. The van der Waals surface area contributed by atoms with Gasteiger partial charge >= 0.3 is 0 Å². The fraction of sp³-hybridized carbons (Fsp3) is 0. The highest BCUT2D eigenvalue weighted by Gasteiger charge is 2.14. The van der Waals surface area contributed by atoms with Crippen molar-refractivity contribution in [1.29, 1.82) is 0 Å². The van der Waals surface area contributed by atoms with Crippen molar-refractivity contribution >= 4 is 59.5 Å². The molecule has 2 aromatic rings. The molecule has 0 radical (unpaired) electrons. The first-order chi connectivity index (χ1) is 8.97. The zero-order chi connectivity index (χ0) is 14.0. The van der Waals surface area contributed by atoms with Gasteiger partial charge in [-0.1, -0.05) is 0 Å². The first kappa shape index (κ1) is 14.5. The van der Waals surface area contributed by atoms with Crippen LogP contribution in [0.25, 0.3) is 0 Å². The van der Waals surface area contributed by atoms with E-state index < -0.39 is 11.7 Å². The van der Waals surface area contributed by atoms with Gasteiger partial charge in [-0.05, 0) is 66.0 Å². The number of amides is 1. The average molecular weight is 454 g/mol. The van der Waals surface area contributed by atoms with Crippen molar-refractivity contribution in [2.45, 2.75) is 0 Å². The molecule has 8 heteroatoms. The molecule has 0 spiro atoms. The van der Waals surface area contributed by atoms with Crippen molar-refractivity contribution in [1.82, 2.24) is 9.97 Å². The topological polar surface area (TPSA) is 54.9 Å². The van der Waals surface area contributed by atoms with Crippen LogP contribution in [0.4, 0.5) is 10.2 Å². The van der Waals surface area contributed by atoms with E-state index in [1.54, 1.807) is 0 Å². The van der Waals surface area contributed by atoms with Gasteiger partial charge in [0.05, 0.1) is 11.8 Å². The number of benzene rings is 1. The highest BCUT2D eigenvalue weighted by Crippen LogP contribution is 2.22. The van der Waals surface area contributed by atoms with Crippen LogP contribution < -0.4 is 5.32 Å². The lowest BCUT2D eigenvalue weighted by atomic mass is 10.2. The largest absolute Gasteiger partial charge is 0.304 e. The van der Waals surface area contributed by atoms with E-state index in [2.05, 4.69) is 63.1 Å². The van der Waals surface area contributed by atoms with Gasteiger partial charge in [0, 0.05) is 4.47 Å². The number of carbonyl (C=O) groups excluding carboxylic acids is 1. The smallest absolute Gasteiger partial charge is 0.258 e. The van der Waals surface area contributed by atoms with Gasteiger partial charge in [0.1, 0.15) is 15.0 Å². The Balaban J connectivity index is 2.28. The van der Waals surface area contributed by atoms with Crippen molar-refractivity contribution in [3.8, 4) is 0 Å². The van der Waals surface area contributed by atoms with E-state index in [0.29, 0.717) is 13.7 Å². The van der Waals surface area contributed by atoms with Gasteiger partial charge in [-0.2, -0.15) is 0 Å². The molecular formula is C11H5Br3FN3O. The molecule has 0 unspecified atom stereocenters. The summed E-state index contributed by atoms with van der Waals surface area (Å²) in [6.45, 7) is 0. The van der Waals surface area contributed by atoms with E-state index in [1.807, 2.05) is 0 Å². The van der Waals surface area contributed by atoms with E-state index in [-0.39, 0.29) is 11.4 Å². The molecule has 1 N–H and O–H groups in total. The quantitative estimate of drug-likeness (QED) is 0.743. The summed E-state index contributed by atoms with van der Waals surface area (Å²) < 4.78 is 14.5. The van der Waals surface area contributed by atoms with Crippen LogP contribution in [0.15, 0.2) is 38.1 Å². The third kappa shape index (κ3) is 3.58. The lowest BCUT2D eigenvalue weighted by Crippen LogP contribution is -2.14. The SMILES string of the molecule is O=C(Nc1ncc(Br)nc1Br)c1cc(F)ccc1Br. The van der Waals surface area contributed by atoms with Crippen LogP contribution in [0.5, 0.6) is 0 Å². The first-order valence-electron chi connectivity index (χ1n) is 4.92. The van der Waals surface area contributed by atoms with Gasteiger partial charge < -0.3 is 5.32 Å².